The van der Waals surface area contributed by atoms with Gasteiger partial charge in [-0.25, -0.2) is 13.8 Å². The van der Waals surface area contributed by atoms with Crippen LogP contribution >= 0.6 is 11.3 Å². The van der Waals surface area contributed by atoms with E-state index < -0.39 is 11.6 Å². The van der Waals surface area contributed by atoms with Crippen LogP contribution in [0.2, 0.25) is 0 Å². The first kappa shape index (κ1) is 25.1. The largest absolute Gasteiger partial charge is 0.494 e. The lowest BCUT2D eigenvalue weighted by molar-refractivity contribution is 0.0983. The molecule has 3 rings (SSSR count). The lowest BCUT2D eigenvalue weighted by Gasteiger charge is -2.25. The van der Waals surface area contributed by atoms with E-state index in [0.717, 1.165) is 49.8 Å². The van der Waals surface area contributed by atoms with Gasteiger partial charge in [-0.05, 0) is 43.8 Å². The summed E-state index contributed by atoms with van der Waals surface area (Å²) < 4.78 is 34.2. The Labute approximate surface area is 198 Å². The van der Waals surface area contributed by atoms with Gasteiger partial charge in [0, 0.05) is 24.7 Å². The molecule has 3 aromatic rings. The fraction of sp³-hybridized carbons (Fsp3) is 0.440. The maximum Gasteiger partial charge on any atom is 0.260 e. The van der Waals surface area contributed by atoms with E-state index >= 15 is 0 Å². The topological polar surface area (TPSA) is 45.7 Å². The molecule has 0 fully saturated rings. The standard InChI is InChI=1S/C25H31F2N3O2S/c1-4-7-8-14-32-20-11-9-10-18(15-20)24(31)30(13-12-29(5-2)6-3)25-28-23-21(27)16-19(26)17-22(23)33-25/h9-11,15-17H,4-8,12-14H2,1-3H3. The van der Waals surface area contributed by atoms with E-state index in [4.69, 9.17) is 4.74 Å². The number of halogens is 2. The summed E-state index contributed by atoms with van der Waals surface area (Å²) in [5.74, 6) is -1.01. The molecule has 1 amide bonds. The van der Waals surface area contributed by atoms with Crippen molar-refractivity contribution in [2.24, 2.45) is 0 Å². The number of nitrogens with zero attached hydrogens (tertiary/aromatic N) is 3. The van der Waals surface area contributed by atoms with Crippen LogP contribution in [0.4, 0.5) is 13.9 Å². The highest BCUT2D eigenvalue weighted by molar-refractivity contribution is 7.22. The quantitative estimate of drug-likeness (QED) is 0.296. The number of carbonyl (C=O) groups is 1. The summed E-state index contributed by atoms with van der Waals surface area (Å²) in [7, 11) is 0. The third-order valence-electron chi connectivity index (χ3n) is 5.51. The second-order valence-electron chi connectivity index (χ2n) is 7.80. The first-order valence-corrected chi connectivity index (χ1v) is 12.3. The van der Waals surface area contributed by atoms with Crippen LogP contribution in [-0.4, -0.2) is 48.6 Å². The molecule has 0 aliphatic rings. The smallest absolute Gasteiger partial charge is 0.260 e. The van der Waals surface area contributed by atoms with Gasteiger partial charge < -0.3 is 9.64 Å². The van der Waals surface area contributed by atoms with Gasteiger partial charge in [0.15, 0.2) is 10.9 Å². The van der Waals surface area contributed by atoms with Gasteiger partial charge >= 0.3 is 0 Å². The van der Waals surface area contributed by atoms with Crippen LogP contribution in [0.15, 0.2) is 36.4 Å². The molecule has 0 atom stereocenters. The molecule has 2 aromatic carbocycles. The molecular formula is C25H31F2N3O2S. The van der Waals surface area contributed by atoms with Crippen molar-refractivity contribution in [2.45, 2.75) is 40.0 Å². The fourth-order valence-corrected chi connectivity index (χ4v) is 4.57. The number of hydrogen-bond donors (Lipinski definition) is 0. The predicted octanol–water partition coefficient (Wildman–Crippen LogP) is 6.13. The number of thiazole rings is 1. The van der Waals surface area contributed by atoms with Gasteiger partial charge in [-0.15, -0.1) is 0 Å². The van der Waals surface area contributed by atoms with Gasteiger partial charge in [0.2, 0.25) is 0 Å². The van der Waals surface area contributed by atoms with Crippen molar-refractivity contribution in [1.82, 2.24) is 9.88 Å². The van der Waals surface area contributed by atoms with Gasteiger partial charge in [-0.2, -0.15) is 0 Å². The Balaban J connectivity index is 1.89. The van der Waals surface area contributed by atoms with Gasteiger partial charge in [-0.3, -0.25) is 9.69 Å². The zero-order valence-electron chi connectivity index (χ0n) is 19.4. The highest BCUT2D eigenvalue weighted by Crippen LogP contribution is 2.32. The molecule has 0 spiro atoms. The van der Waals surface area contributed by atoms with Gasteiger partial charge in [0.05, 0.1) is 11.3 Å². The number of rotatable bonds is 12. The Morgan fingerprint density at radius 3 is 2.58 bits per heavy atom. The molecule has 0 saturated heterocycles. The Kier molecular flexibility index (Phi) is 9.14. The molecule has 0 aliphatic carbocycles. The lowest BCUT2D eigenvalue weighted by Crippen LogP contribution is -2.38. The van der Waals surface area contributed by atoms with E-state index in [1.807, 2.05) is 6.07 Å². The molecule has 0 saturated carbocycles. The monoisotopic (exact) mass is 475 g/mol. The van der Waals surface area contributed by atoms with Crippen molar-refractivity contribution in [1.29, 1.82) is 0 Å². The number of benzene rings is 2. The van der Waals surface area contributed by atoms with Crippen molar-refractivity contribution in [3.8, 4) is 5.75 Å². The number of hydrogen-bond acceptors (Lipinski definition) is 5. The van der Waals surface area contributed by atoms with E-state index in [2.05, 4.69) is 30.7 Å². The maximum absolute atomic E-state index is 14.3. The van der Waals surface area contributed by atoms with Crippen LogP contribution in [-0.2, 0) is 0 Å². The molecule has 0 radical (unpaired) electrons. The molecule has 0 bridgehead atoms. The summed E-state index contributed by atoms with van der Waals surface area (Å²) in [5, 5.41) is 0.348. The Morgan fingerprint density at radius 1 is 1.06 bits per heavy atom. The molecular weight excluding hydrogens is 444 g/mol. The molecule has 0 N–H and O–H groups in total. The van der Waals surface area contributed by atoms with E-state index in [0.29, 0.717) is 40.8 Å². The third-order valence-corrected chi connectivity index (χ3v) is 6.54. The Morgan fingerprint density at radius 2 is 1.85 bits per heavy atom. The average Bonchev–Trinajstić information content (AvgIpc) is 3.23. The zero-order chi connectivity index (χ0) is 23.8. The molecule has 5 nitrogen and oxygen atoms in total. The van der Waals surface area contributed by atoms with E-state index in [9.17, 15) is 13.6 Å². The van der Waals surface area contributed by atoms with Gasteiger partial charge in [0.25, 0.3) is 5.91 Å². The second kappa shape index (κ2) is 12.0. The van der Waals surface area contributed by atoms with E-state index in [1.54, 1.807) is 23.1 Å². The second-order valence-corrected chi connectivity index (χ2v) is 8.81. The first-order chi connectivity index (χ1) is 16.0. The maximum atomic E-state index is 14.3. The third kappa shape index (κ3) is 6.48. The molecule has 178 valence electrons. The van der Waals surface area contributed by atoms with Crippen molar-refractivity contribution in [3.05, 3.63) is 53.6 Å². The van der Waals surface area contributed by atoms with Crippen molar-refractivity contribution in [2.75, 3.05) is 37.7 Å². The minimum Gasteiger partial charge on any atom is -0.494 e. The number of fused-ring (bicyclic) bond motifs is 1. The first-order valence-electron chi connectivity index (χ1n) is 11.5. The van der Waals surface area contributed by atoms with Gasteiger partial charge in [-0.1, -0.05) is 51.0 Å². The number of ether oxygens (including phenoxy) is 1. The summed E-state index contributed by atoms with van der Waals surface area (Å²) in [6.45, 7) is 9.56. The summed E-state index contributed by atoms with van der Waals surface area (Å²) in [6.07, 6.45) is 3.15. The molecule has 1 heterocycles. The zero-order valence-corrected chi connectivity index (χ0v) is 20.3. The molecule has 0 unspecified atom stereocenters. The summed E-state index contributed by atoms with van der Waals surface area (Å²) in [6, 6.07) is 9.15. The van der Waals surface area contributed by atoms with Crippen LogP contribution in [0, 0.1) is 11.6 Å². The molecule has 8 heteroatoms. The van der Waals surface area contributed by atoms with E-state index in [-0.39, 0.29) is 11.4 Å². The molecule has 33 heavy (non-hydrogen) atoms. The van der Waals surface area contributed by atoms with Crippen molar-refractivity contribution >= 4 is 32.6 Å². The van der Waals surface area contributed by atoms with Gasteiger partial charge in [0.1, 0.15) is 17.1 Å². The minimum absolute atomic E-state index is 0.0741. The van der Waals surface area contributed by atoms with Crippen LogP contribution in [0.3, 0.4) is 0 Å². The Bertz CT molecular complexity index is 1070. The van der Waals surface area contributed by atoms with Crippen molar-refractivity contribution in [3.63, 3.8) is 0 Å². The molecule has 0 aliphatic heterocycles. The number of aromatic nitrogens is 1. The summed E-state index contributed by atoms with van der Waals surface area (Å²) >= 11 is 1.11. The highest BCUT2D eigenvalue weighted by Gasteiger charge is 2.23. The lowest BCUT2D eigenvalue weighted by atomic mass is 10.2. The van der Waals surface area contributed by atoms with Crippen molar-refractivity contribution < 1.29 is 18.3 Å². The minimum atomic E-state index is -0.730. The average molecular weight is 476 g/mol. The predicted molar refractivity (Wildman–Crippen MR) is 130 cm³/mol. The van der Waals surface area contributed by atoms with Crippen LogP contribution in [0.5, 0.6) is 5.75 Å². The number of likely N-dealkylation sites (N-methyl/N-ethyl adjacent to an activating group) is 1. The Hall–Kier alpha value is -2.58. The summed E-state index contributed by atoms with van der Waals surface area (Å²) in [5.41, 5.74) is 0.540. The number of amides is 1. The van der Waals surface area contributed by atoms with E-state index in [1.165, 1.54) is 6.07 Å². The summed E-state index contributed by atoms with van der Waals surface area (Å²) in [4.78, 5) is 21.6. The van der Waals surface area contributed by atoms with Crippen LogP contribution in [0.1, 0.15) is 50.4 Å². The highest BCUT2D eigenvalue weighted by atomic mass is 32.1. The number of carbonyl (C=O) groups excluding carboxylic acids is 1. The number of anilines is 1. The van der Waals surface area contributed by atoms with Crippen LogP contribution in [0.25, 0.3) is 10.2 Å². The number of unbranched alkanes of at least 4 members (excludes halogenated alkanes) is 2. The fourth-order valence-electron chi connectivity index (χ4n) is 3.54. The molecule has 1 aromatic heterocycles. The SMILES string of the molecule is CCCCCOc1cccc(C(=O)N(CCN(CC)CC)c2nc3c(F)cc(F)cc3s2)c1. The normalized spacial score (nSPS) is 11.3. The van der Waals surface area contributed by atoms with Crippen LogP contribution < -0.4 is 9.64 Å².